The fraction of sp³-hybridized carbons (Fsp3) is 0.632. The number of nitrogens with two attached hydrogens (primary N) is 1. The minimum absolute atomic E-state index is 0.200. The van der Waals surface area contributed by atoms with E-state index in [2.05, 4.69) is 11.8 Å². The first-order valence-corrected chi connectivity index (χ1v) is 9.19. The van der Waals surface area contributed by atoms with Gasteiger partial charge in [-0.25, -0.2) is 0 Å². The Balaban J connectivity index is 1.54. The maximum absolute atomic E-state index is 11.9. The summed E-state index contributed by atoms with van der Waals surface area (Å²) in [5.41, 5.74) is 7.80. The number of rotatable bonds is 7. The normalized spacial score (nSPS) is 21.7. The maximum atomic E-state index is 11.9. The van der Waals surface area contributed by atoms with Crippen molar-refractivity contribution in [2.24, 2.45) is 5.73 Å². The quantitative estimate of drug-likeness (QED) is 0.780. The Hall–Kier alpha value is -1.59. The highest BCUT2D eigenvalue weighted by atomic mass is 16.5. The molecule has 1 aromatic rings. The molecular formula is C19H29N3O2. The van der Waals surface area contributed by atoms with Gasteiger partial charge in [0.05, 0.1) is 6.61 Å². The molecule has 5 heteroatoms. The fourth-order valence-electron chi connectivity index (χ4n) is 3.73. The van der Waals surface area contributed by atoms with Crippen molar-refractivity contribution in [1.29, 1.82) is 0 Å². The lowest BCUT2D eigenvalue weighted by atomic mass is 10.1. The van der Waals surface area contributed by atoms with Gasteiger partial charge in [0.2, 0.25) is 5.91 Å². The molecule has 0 spiro atoms. The standard InChI is InChI=1S/C19H29N3O2/c1-15-5-2-9-21(15)10-4-12-24-18-8-7-17(13-16(18)14-20)22-11-3-6-19(22)23/h7-8,13,15H,2-6,9-12,14,20H2,1H3. The van der Waals surface area contributed by atoms with E-state index in [-0.39, 0.29) is 5.91 Å². The summed E-state index contributed by atoms with van der Waals surface area (Å²) in [6.45, 7) is 6.55. The third-order valence-corrected chi connectivity index (χ3v) is 5.19. The van der Waals surface area contributed by atoms with Crippen LogP contribution in [0.4, 0.5) is 5.69 Å². The topological polar surface area (TPSA) is 58.8 Å². The number of carbonyl (C=O) groups is 1. The number of carbonyl (C=O) groups excluding carboxylic acids is 1. The van der Waals surface area contributed by atoms with Gasteiger partial charge in [-0.3, -0.25) is 4.79 Å². The monoisotopic (exact) mass is 331 g/mol. The second-order valence-corrected chi connectivity index (χ2v) is 6.87. The molecule has 2 N–H and O–H groups in total. The third kappa shape index (κ3) is 3.90. The van der Waals surface area contributed by atoms with Crippen molar-refractivity contribution in [2.45, 2.75) is 51.6 Å². The summed E-state index contributed by atoms with van der Waals surface area (Å²) in [4.78, 5) is 16.3. The van der Waals surface area contributed by atoms with Crippen molar-refractivity contribution in [3.63, 3.8) is 0 Å². The fourth-order valence-corrected chi connectivity index (χ4v) is 3.73. The van der Waals surface area contributed by atoms with Gasteiger partial charge in [-0.15, -0.1) is 0 Å². The zero-order valence-electron chi connectivity index (χ0n) is 14.7. The van der Waals surface area contributed by atoms with E-state index in [4.69, 9.17) is 10.5 Å². The molecule has 24 heavy (non-hydrogen) atoms. The summed E-state index contributed by atoms with van der Waals surface area (Å²) in [5, 5.41) is 0. The van der Waals surface area contributed by atoms with Crippen LogP contribution in [0.25, 0.3) is 0 Å². The van der Waals surface area contributed by atoms with Gasteiger partial charge < -0.3 is 20.3 Å². The molecule has 0 radical (unpaired) electrons. The predicted molar refractivity (Wildman–Crippen MR) is 96.3 cm³/mol. The number of benzene rings is 1. The van der Waals surface area contributed by atoms with Crippen LogP contribution in [-0.2, 0) is 11.3 Å². The minimum Gasteiger partial charge on any atom is -0.493 e. The second kappa shape index (κ2) is 7.99. The zero-order valence-corrected chi connectivity index (χ0v) is 14.7. The molecule has 0 bridgehead atoms. The SMILES string of the molecule is CC1CCCN1CCCOc1ccc(N2CCCC2=O)cc1CN. The van der Waals surface area contributed by atoms with E-state index in [1.165, 1.54) is 19.4 Å². The number of hydrogen-bond acceptors (Lipinski definition) is 4. The molecule has 2 aliphatic heterocycles. The van der Waals surface area contributed by atoms with Crippen LogP contribution in [-0.4, -0.2) is 43.1 Å². The van der Waals surface area contributed by atoms with E-state index in [1.54, 1.807) is 0 Å². The lowest BCUT2D eigenvalue weighted by Crippen LogP contribution is -2.28. The number of hydrogen-bond donors (Lipinski definition) is 1. The third-order valence-electron chi connectivity index (χ3n) is 5.19. The number of likely N-dealkylation sites (tertiary alicyclic amines) is 1. The molecule has 0 saturated carbocycles. The number of nitrogens with zero attached hydrogens (tertiary/aromatic N) is 2. The molecular weight excluding hydrogens is 302 g/mol. The van der Waals surface area contributed by atoms with Gasteiger partial charge in [0.25, 0.3) is 0 Å². The minimum atomic E-state index is 0.200. The first-order chi connectivity index (χ1) is 11.7. The van der Waals surface area contributed by atoms with Crippen LogP contribution in [0.5, 0.6) is 5.75 Å². The van der Waals surface area contributed by atoms with Crippen LogP contribution >= 0.6 is 0 Å². The van der Waals surface area contributed by atoms with Gasteiger partial charge in [-0.2, -0.15) is 0 Å². The molecule has 1 aromatic carbocycles. The Morgan fingerprint density at radius 1 is 1.29 bits per heavy atom. The summed E-state index contributed by atoms with van der Waals surface area (Å²) >= 11 is 0. The lowest BCUT2D eigenvalue weighted by molar-refractivity contribution is -0.117. The molecule has 0 aliphatic carbocycles. The van der Waals surface area contributed by atoms with Crippen LogP contribution in [0, 0.1) is 0 Å². The molecule has 1 unspecified atom stereocenters. The Bertz CT molecular complexity index is 576. The van der Waals surface area contributed by atoms with Gasteiger partial charge >= 0.3 is 0 Å². The van der Waals surface area contributed by atoms with Crippen LogP contribution in [0.15, 0.2) is 18.2 Å². The number of amides is 1. The Kier molecular flexibility index (Phi) is 5.74. The van der Waals surface area contributed by atoms with Crippen molar-refractivity contribution in [3.05, 3.63) is 23.8 Å². The van der Waals surface area contributed by atoms with Gasteiger partial charge in [-0.1, -0.05) is 0 Å². The number of anilines is 1. The van der Waals surface area contributed by atoms with E-state index in [9.17, 15) is 4.79 Å². The van der Waals surface area contributed by atoms with Crippen LogP contribution in [0.3, 0.4) is 0 Å². The first kappa shape index (κ1) is 17.2. The smallest absolute Gasteiger partial charge is 0.227 e. The van der Waals surface area contributed by atoms with Crippen molar-refractivity contribution in [3.8, 4) is 5.75 Å². The Morgan fingerprint density at radius 3 is 2.83 bits per heavy atom. The summed E-state index contributed by atoms with van der Waals surface area (Å²) in [6, 6.07) is 6.64. The molecule has 2 aliphatic rings. The van der Waals surface area contributed by atoms with E-state index in [0.717, 1.165) is 42.9 Å². The highest BCUT2D eigenvalue weighted by Gasteiger charge is 2.22. The molecule has 2 saturated heterocycles. The summed E-state index contributed by atoms with van der Waals surface area (Å²) in [6.07, 6.45) is 5.24. The van der Waals surface area contributed by atoms with Gasteiger partial charge in [0.1, 0.15) is 5.75 Å². The predicted octanol–water partition coefficient (Wildman–Crippen LogP) is 2.53. The summed E-state index contributed by atoms with van der Waals surface area (Å²) in [5.74, 6) is 1.05. The molecule has 2 heterocycles. The Morgan fingerprint density at radius 2 is 2.17 bits per heavy atom. The molecule has 132 valence electrons. The molecule has 0 aromatic heterocycles. The summed E-state index contributed by atoms with van der Waals surface area (Å²) in [7, 11) is 0. The average Bonchev–Trinajstić information content (AvgIpc) is 3.20. The van der Waals surface area contributed by atoms with E-state index in [1.807, 2.05) is 23.1 Å². The lowest BCUT2D eigenvalue weighted by Gasteiger charge is -2.21. The molecule has 2 fully saturated rings. The van der Waals surface area contributed by atoms with Crippen molar-refractivity contribution < 1.29 is 9.53 Å². The van der Waals surface area contributed by atoms with Crippen LogP contribution in [0.2, 0.25) is 0 Å². The van der Waals surface area contributed by atoms with E-state index < -0.39 is 0 Å². The van der Waals surface area contributed by atoms with Gasteiger partial charge in [0, 0.05) is 43.3 Å². The van der Waals surface area contributed by atoms with Crippen molar-refractivity contribution in [1.82, 2.24) is 4.90 Å². The van der Waals surface area contributed by atoms with Gasteiger partial charge in [-0.05, 0) is 57.4 Å². The molecule has 5 nitrogen and oxygen atoms in total. The maximum Gasteiger partial charge on any atom is 0.227 e. The van der Waals surface area contributed by atoms with Crippen molar-refractivity contribution in [2.75, 3.05) is 31.1 Å². The van der Waals surface area contributed by atoms with Crippen molar-refractivity contribution >= 4 is 11.6 Å². The van der Waals surface area contributed by atoms with Gasteiger partial charge in [0.15, 0.2) is 0 Å². The van der Waals surface area contributed by atoms with Crippen LogP contribution in [0.1, 0.15) is 44.6 Å². The summed E-state index contributed by atoms with van der Waals surface area (Å²) < 4.78 is 5.96. The first-order valence-electron chi connectivity index (χ1n) is 9.19. The van der Waals surface area contributed by atoms with E-state index in [0.29, 0.717) is 25.6 Å². The highest BCUT2D eigenvalue weighted by Crippen LogP contribution is 2.28. The van der Waals surface area contributed by atoms with Crippen LogP contribution < -0.4 is 15.4 Å². The zero-order chi connectivity index (χ0) is 16.9. The average molecular weight is 331 g/mol. The largest absolute Gasteiger partial charge is 0.493 e. The highest BCUT2D eigenvalue weighted by molar-refractivity contribution is 5.95. The Labute approximate surface area is 144 Å². The molecule has 1 atom stereocenters. The molecule has 3 rings (SSSR count). The molecule has 1 amide bonds. The number of ether oxygens (including phenoxy) is 1. The second-order valence-electron chi connectivity index (χ2n) is 6.87. The van der Waals surface area contributed by atoms with E-state index >= 15 is 0 Å².